The summed E-state index contributed by atoms with van der Waals surface area (Å²) in [5.41, 5.74) is 4.55. The quantitative estimate of drug-likeness (QED) is 0.396. The maximum atomic E-state index is 5.62. The number of likely N-dealkylation sites (N-methyl/N-ethyl adjacent to an activating group) is 1. The van der Waals surface area contributed by atoms with Crippen LogP contribution in [-0.4, -0.2) is 35.4 Å². The standard InChI is InChI=1S/C19H19N3OS/c1-21(14-15-6-3-2-4-7-15)11-12-23-20-18-16-8-5-10-22(16)17-9-13-24-19(17)18/h2-10,13H,11-12,14H2,1H3. The zero-order valence-corrected chi connectivity index (χ0v) is 14.4. The molecule has 4 rings (SSSR count). The Morgan fingerprint density at radius 1 is 1.12 bits per heavy atom. The van der Waals surface area contributed by atoms with E-state index in [1.54, 1.807) is 11.3 Å². The van der Waals surface area contributed by atoms with Gasteiger partial charge in [0, 0.05) is 19.3 Å². The molecule has 24 heavy (non-hydrogen) atoms. The number of hydrogen-bond acceptors (Lipinski definition) is 4. The predicted molar refractivity (Wildman–Crippen MR) is 98.0 cm³/mol. The SMILES string of the molecule is CN(CCON=C1c2sccc2-n2cccc21)Cc1ccccc1. The van der Waals surface area contributed by atoms with Gasteiger partial charge in [-0.05, 0) is 36.2 Å². The van der Waals surface area contributed by atoms with Crippen molar-refractivity contribution in [2.45, 2.75) is 6.54 Å². The van der Waals surface area contributed by atoms with Crippen LogP contribution in [0.15, 0.2) is 65.3 Å². The number of oxime groups is 1. The minimum Gasteiger partial charge on any atom is -0.394 e. The van der Waals surface area contributed by atoms with Crippen molar-refractivity contribution in [3.63, 3.8) is 0 Å². The molecule has 5 heteroatoms. The molecule has 1 aromatic carbocycles. The maximum absolute atomic E-state index is 5.62. The third-order valence-electron chi connectivity index (χ3n) is 4.13. The van der Waals surface area contributed by atoms with E-state index in [-0.39, 0.29) is 0 Å². The van der Waals surface area contributed by atoms with E-state index in [1.807, 2.05) is 12.1 Å². The van der Waals surface area contributed by atoms with Crippen LogP contribution in [0.3, 0.4) is 0 Å². The lowest BCUT2D eigenvalue weighted by atomic mass is 10.2. The average Bonchev–Trinajstić information content (AvgIpc) is 3.28. The molecule has 0 saturated carbocycles. The molecular formula is C19H19N3OS. The van der Waals surface area contributed by atoms with E-state index in [4.69, 9.17) is 4.84 Å². The van der Waals surface area contributed by atoms with Crippen molar-refractivity contribution in [2.75, 3.05) is 20.2 Å². The van der Waals surface area contributed by atoms with Crippen LogP contribution in [0.2, 0.25) is 0 Å². The van der Waals surface area contributed by atoms with Gasteiger partial charge in [-0.15, -0.1) is 11.3 Å². The van der Waals surface area contributed by atoms with Gasteiger partial charge in [0.15, 0.2) is 0 Å². The van der Waals surface area contributed by atoms with Gasteiger partial charge in [-0.25, -0.2) is 0 Å². The van der Waals surface area contributed by atoms with Gasteiger partial charge in [0.25, 0.3) is 0 Å². The molecule has 0 bridgehead atoms. The van der Waals surface area contributed by atoms with Gasteiger partial charge in [-0.3, -0.25) is 4.90 Å². The van der Waals surface area contributed by atoms with E-state index < -0.39 is 0 Å². The molecule has 4 nitrogen and oxygen atoms in total. The third-order valence-corrected chi connectivity index (χ3v) is 5.04. The molecule has 0 aliphatic carbocycles. The second-order valence-electron chi connectivity index (χ2n) is 5.89. The first-order valence-electron chi connectivity index (χ1n) is 8.01. The van der Waals surface area contributed by atoms with E-state index in [0.29, 0.717) is 6.61 Å². The molecule has 2 aromatic heterocycles. The van der Waals surface area contributed by atoms with E-state index in [9.17, 15) is 0 Å². The van der Waals surface area contributed by atoms with Crippen LogP contribution in [0, 0.1) is 0 Å². The molecule has 0 N–H and O–H groups in total. The van der Waals surface area contributed by atoms with Crippen LogP contribution >= 0.6 is 11.3 Å². The Morgan fingerprint density at radius 2 is 2.00 bits per heavy atom. The molecule has 0 radical (unpaired) electrons. The Hall–Kier alpha value is -2.37. The molecule has 0 unspecified atom stereocenters. The van der Waals surface area contributed by atoms with E-state index in [2.05, 4.69) is 69.6 Å². The molecular weight excluding hydrogens is 318 g/mol. The van der Waals surface area contributed by atoms with Gasteiger partial charge in [-0.2, -0.15) is 0 Å². The van der Waals surface area contributed by atoms with E-state index >= 15 is 0 Å². The van der Waals surface area contributed by atoms with Gasteiger partial charge in [0.2, 0.25) is 0 Å². The van der Waals surface area contributed by atoms with Crippen molar-refractivity contribution in [1.29, 1.82) is 0 Å². The van der Waals surface area contributed by atoms with Crippen molar-refractivity contribution in [2.24, 2.45) is 5.16 Å². The van der Waals surface area contributed by atoms with Gasteiger partial charge in [0.1, 0.15) is 12.3 Å². The highest BCUT2D eigenvalue weighted by molar-refractivity contribution is 7.13. The smallest absolute Gasteiger partial charge is 0.146 e. The summed E-state index contributed by atoms with van der Waals surface area (Å²) in [6.07, 6.45) is 2.07. The fraction of sp³-hybridized carbons (Fsp3) is 0.211. The summed E-state index contributed by atoms with van der Waals surface area (Å²) in [5, 5.41) is 6.50. The Balaban J connectivity index is 1.35. The van der Waals surface area contributed by atoms with Crippen molar-refractivity contribution in [1.82, 2.24) is 9.47 Å². The highest BCUT2D eigenvalue weighted by Crippen LogP contribution is 2.32. The summed E-state index contributed by atoms with van der Waals surface area (Å²) in [6.45, 7) is 2.33. The number of aromatic nitrogens is 1. The lowest BCUT2D eigenvalue weighted by Crippen LogP contribution is -2.22. The molecule has 3 heterocycles. The molecule has 0 spiro atoms. The fourth-order valence-corrected chi connectivity index (χ4v) is 3.81. The second-order valence-corrected chi connectivity index (χ2v) is 6.81. The zero-order chi connectivity index (χ0) is 16.4. The van der Waals surface area contributed by atoms with Crippen molar-refractivity contribution in [3.8, 4) is 5.69 Å². The number of thiophene rings is 1. The molecule has 0 saturated heterocycles. The van der Waals surface area contributed by atoms with Crippen LogP contribution < -0.4 is 0 Å². The van der Waals surface area contributed by atoms with Crippen LogP contribution in [0.25, 0.3) is 5.69 Å². The summed E-state index contributed by atoms with van der Waals surface area (Å²) in [5.74, 6) is 0. The average molecular weight is 337 g/mol. The number of nitrogens with zero attached hydrogens (tertiary/aromatic N) is 3. The lowest BCUT2D eigenvalue weighted by Gasteiger charge is -2.15. The summed E-state index contributed by atoms with van der Waals surface area (Å²) in [7, 11) is 2.10. The number of fused-ring (bicyclic) bond motifs is 3. The van der Waals surface area contributed by atoms with Crippen molar-refractivity contribution in [3.05, 3.63) is 76.2 Å². The second kappa shape index (κ2) is 6.63. The minimum atomic E-state index is 0.578. The van der Waals surface area contributed by atoms with Crippen LogP contribution in [0.5, 0.6) is 0 Å². The molecule has 0 fully saturated rings. The molecule has 3 aromatic rings. The van der Waals surface area contributed by atoms with Crippen LogP contribution in [0.1, 0.15) is 16.1 Å². The first kappa shape index (κ1) is 15.2. The molecule has 0 atom stereocenters. The fourth-order valence-electron chi connectivity index (χ4n) is 2.94. The van der Waals surface area contributed by atoms with Gasteiger partial charge < -0.3 is 9.40 Å². The van der Waals surface area contributed by atoms with E-state index in [0.717, 1.165) is 24.5 Å². The largest absolute Gasteiger partial charge is 0.394 e. The topological polar surface area (TPSA) is 29.8 Å². The zero-order valence-electron chi connectivity index (χ0n) is 13.6. The van der Waals surface area contributed by atoms with Crippen LogP contribution in [0.4, 0.5) is 0 Å². The normalized spacial score (nSPS) is 14.2. The molecule has 1 aliphatic rings. The highest BCUT2D eigenvalue weighted by Gasteiger charge is 2.26. The van der Waals surface area contributed by atoms with Crippen molar-refractivity contribution < 1.29 is 4.84 Å². The maximum Gasteiger partial charge on any atom is 0.146 e. The monoisotopic (exact) mass is 337 g/mol. The Labute approximate surface area is 145 Å². The summed E-state index contributed by atoms with van der Waals surface area (Å²) < 4.78 is 2.16. The summed E-state index contributed by atoms with van der Waals surface area (Å²) in [4.78, 5) is 9.04. The Bertz CT molecular complexity index is 808. The van der Waals surface area contributed by atoms with Crippen molar-refractivity contribution >= 4 is 17.0 Å². The van der Waals surface area contributed by atoms with Crippen LogP contribution in [-0.2, 0) is 11.4 Å². The predicted octanol–water partition coefficient (Wildman–Crippen LogP) is 3.75. The van der Waals surface area contributed by atoms with Gasteiger partial charge >= 0.3 is 0 Å². The van der Waals surface area contributed by atoms with E-state index in [1.165, 1.54) is 16.1 Å². The first-order chi connectivity index (χ1) is 11.8. The summed E-state index contributed by atoms with van der Waals surface area (Å²) in [6, 6.07) is 16.7. The third kappa shape index (κ3) is 2.88. The molecule has 122 valence electrons. The first-order valence-corrected chi connectivity index (χ1v) is 8.89. The number of rotatable bonds is 6. The number of benzene rings is 1. The number of hydrogen-bond donors (Lipinski definition) is 0. The van der Waals surface area contributed by atoms with Gasteiger partial charge in [0.05, 0.1) is 16.3 Å². The molecule has 0 amide bonds. The Morgan fingerprint density at radius 3 is 2.88 bits per heavy atom. The Kier molecular flexibility index (Phi) is 4.19. The summed E-state index contributed by atoms with van der Waals surface area (Å²) >= 11 is 1.71. The lowest BCUT2D eigenvalue weighted by molar-refractivity contribution is 0.117. The minimum absolute atomic E-state index is 0.578. The highest BCUT2D eigenvalue weighted by atomic mass is 32.1. The van der Waals surface area contributed by atoms with Gasteiger partial charge in [-0.1, -0.05) is 35.5 Å². The molecule has 1 aliphatic heterocycles.